The SMILES string of the molecule is C=CC(=O)SCC[SH](C)Cc1ccc(C[SH](C)CCSC(=O)C=C)cc1. The lowest BCUT2D eigenvalue weighted by Gasteiger charge is -2.17. The normalized spacial score (nSPS) is 14.4. The van der Waals surface area contributed by atoms with Gasteiger partial charge < -0.3 is 0 Å². The van der Waals surface area contributed by atoms with Gasteiger partial charge in [-0.05, 0) is 58.8 Å². The fraction of sp³-hybridized carbons (Fsp3) is 0.400. The second-order valence-corrected chi connectivity index (χ2v) is 13.2. The molecular formula is C20H30O2S4. The van der Waals surface area contributed by atoms with Gasteiger partial charge in [0.25, 0.3) is 0 Å². The molecule has 26 heavy (non-hydrogen) atoms. The molecule has 146 valence electrons. The Morgan fingerprint density at radius 1 is 0.846 bits per heavy atom. The Kier molecular flexibility index (Phi) is 12.3. The van der Waals surface area contributed by atoms with Crippen LogP contribution in [0, 0.1) is 0 Å². The summed E-state index contributed by atoms with van der Waals surface area (Å²) < 4.78 is 0. The van der Waals surface area contributed by atoms with E-state index in [2.05, 4.69) is 49.9 Å². The Hall–Kier alpha value is -0.560. The average Bonchev–Trinajstić information content (AvgIpc) is 2.62. The number of benzene rings is 1. The first-order chi connectivity index (χ1) is 12.4. The summed E-state index contributed by atoms with van der Waals surface area (Å²) in [5, 5.41) is 0.141. The van der Waals surface area contributed by atoms with Crippen LogP contribution in [0.15, 0.2) is 49.6 Å². The molecule has 2 unspecified atom stereocenters. The number of thiol groups is 2. The molecule has 0 fully saturated rings. The topological polar surface area (TPSA) is 34.1 Å². The highest BCUT2D eigenvalue weighted by Gasteiger charge is 2.05. The quantitative estimate of drug-likeness (QED) is 0.367. The van der Waals surface area contributed by atoms with Gasteiger partial charge >= 0.3 is 0 Å². The highest BCUT2D eigenvalue weighted by Crippen LogP contribution is 2.30. The molecule has 6 heteroatoms. The Balaban J connectivity index is 2.33. The third kappa shape index (κ3) is 10.6. The maximum absolute atomic E-state index is 11.2. The number of rotatable bonds is 12. The van der Waals surface area contributed by atoms with Gasteiger partial charge in [-0.2, -0.15) is 0 Å². The van der Waals surface area contributed by atoms with Gasteiger partial charge in [-0.3, -0.25) is 31.4 Å². The molecule has 0 aliphatic heterocycles. The Labute approximate surface area is 172 Å². The van der Waals surface area contributed by atoms with Crippen LogP contribution >= 0.6 is 45.3 Å². The van der Waals surface area contributed by atoms with Gasteiger partial charge in [0.05, 0.1) is 0 Å². The van der Waals surface area contributed by atoms with Gasteiger partial charge in [0.2, 0.25) is 10.2 Å². The van der Waals surface area contributed by atoms with E-state index in [1.807, 2.05) is 0 Å². The van der Waals surface area contributed by atoms with Crippen molar-refractivity contribution in [1.82, 2.24) is 0 Å². The zero-order chi connectivity index (χ0) is 19.4. The molecule has 0 heterocycles. The summed E-state index contributed by atoms with van der Waals surface area (Å²) in [5.74, 6) is 6.19. The Morgan fingerprint density at radius 3 is 1.50 bits per heavy atom. The average molecular weight is 431 g/mol. The lowest BCUT2D eigenvalue weighted by molar-refractivity contribution is -0.107. The number of carbonyl (C=O) groups excluding carboxylic acids is 2. The number of carbonyl (C=O) groups is 2. The summed E-state index contributed by atoms with van der Waals surface area (Å²) in [7, 11) is -0.162. The second-order valence-electron chi connectivity index (χ2n) is 6.04. The van der Waals surface area contributed by atoms with Gasteiger partial charge in [-0.25, -0.2) is 0 Å². The molecule has 0 N–H and O–H groups in total. The zero-order valence-corrected chi connectivity index (χ0v) is 19.1. The lowest BCUT2D eigenvalue weighted by Crippen LogP contribution is -1.99. The van der Waals surface area contributed by atoms with E-state index < -0.39 is 0 Å². The fourth-order valence-electron chi connectivity index (χ4n) is 2.25. The van der Waals surface area contributed by atoms with Crippen LogP contribution in [-0.2, 0) is 21.1 Å². The summed E-state index contributed by atoms with van der Waals surface area (Å²) in [5.41, 5.74) is 2.77. The van der Waals surface area contributed by atoms with Crippen molar-refractivity contribution in [3.8, 4) is 0 Å². The predicted octanol–water partition coefficient (Wildman–Crippen LogP) is 4.84. The molecule has 0 amide bonds. The maximum Gasteiger partial charge on any atom is 0.211 e. The molecular weight excluding hydrogens is 400 g/mol. The van der Waals surface area contributed by atoms with Crippen molar-refractivity contribution in [2.24, 2.45) is 0 Å². The van der Waals surface area contributed by atoms with E-state index in [-0.39, 0.29) is 32.0 Å². The first-order valence-electron chi connectivity index (χ1n) is 8.48. The standard InChI is InChI=1S/C20H30O2S4/c1-5-19(21)23-11-13-25(3)15-17-7-9-18(10-8-17)16-26(4)14-12-24-20(22)6-2/h5-10,25-26H,1-2,11-16H2,3-4H3. The van der Waals surface area contributed by atoms with Crippen LogP contribution in [0.25, 0.3) is 0 Å². The van der Waals surface area contributed by atoms with Crippen LogP contribution in [0.4, 0.5) is 0 Å². The van der Waals surface area contributed by atoms with Gasteiger partial charge in [0.1, 0.15) is 0 Å². The summed E-state index contributed by atoms with van der Waals surface area (Å²) >= 11 is 2.73. The molecule has 0 radical (unpaired) electrons. The van der Waals surface area contributed by atoms with E-state index in [0.717, 1.165) is 34.5 Å². The molecule has 2 atom stereocenters. The van der Waals surface area contributed by atoms with E-state index >= 15 is 0 Å². The van der Waals surface area contributed by atoms with Crippen molar-refractivity contribution in [3.05, 3.63) is 60.7 Å². The molecule has 1 aromatic carbocycles. The van der Waals surface area contributed by atoms with Crippen LogP contribution in [0.5, 0.6) is 0 Å². The molecule has 0 aliphatic rings. The molecule has 0 saturated heterocycles. The number of thioether (sulfide) groups is 2. The molecule has 1 aromatic rings. The van der Waals surface area contributed by atoms with Gasteiger partial charge in [-0.1, -0.05) is 60.9 Å². The molecule has 0 spiro atoms. The molecule has 1 rings (SSSR count). The van der Waals surface area contributed by atoms with Crippen molar-refractivity contribution in [1.29, 1.82) is 0 Å². The summed E-state index contributed by atoms with van der Waals surface area (Å²) in [4.78, 5) is 22.4. The van der Waals surface area contributed by atoms with Gasteiger partial charge in [0.15, 0.2) is 0 Å². The van der Waals surface area contributed by atoms with Crippen molar-refractivity contribution >= 4 is 55.5 Å². The highest BCUT2D eigenvalue weighted by atomic mass is 32.2. The fourth-order valence-corrected chi connectivity index (χ4v) is 8.10. The second kappa shape index (κ2) is 13.6. The van der Waals surface area contributed by atoms with Crippen LogP contribution in [0.1, 0.15) is 11.1 Å². The van der Waals surface area contributed by atoms with Gasteiger partial charge in [-0.15, -0.1) is 0 Å². The van der Waals surface area contributed by atoms with Crippen molar-refractivity contribution < 1.29 is 9.59 Å². The summed E-state index contributed by atoms with van der Waals surface area (Å²) in [6.45, 7) is 7.00. The van der Waals surface area contributed by atoms with Crippen LogP contribution in [-0.4, -0.2) is 45.8 Å². The number of hydrogen-bond acceptors (Lipinski definition) is 4. The lowest BCUT2D eigenvalue weighted by atomic mass is 10.2. The first-order valence-corrected chi connectivity index (χ1v) is 14.8. The molecule has 2 nitrogen and oxygen atoms in total. The zero-order valence-electron chi connectivity index (χ0n) is 15.6. The monoisotopic (exact) mass is 430 g/mol. The highest BCUT2D eigenvalue weighted by molar-refractivity contribution is 8.18. The van der Waals surface area contributed by atoms with Crippen LogP contribution in [0.3, 0.4) is 0 Å². The molecule has 0 saturated carbocycles. The largest absolute Gasteiger partial charge is 0.282 e. The third-order valence-electron chi connectivity index (χ3n) is 3.70. The smallest absolute Gasteiger partial charge is 0.211 e. The van der Waals surface area contributed by atoms with E-state index in [0.29, 0.717) is 0 Å². The summed E-state index contributed by atoms with van der Waals surface area (Å²) in [6, 6.07) is 8.98. The van der Waals surface area contributed by atoms with E-state index in [9.17, 15) is 9.59 Å². The molecule has 0 bridgehead atoms. The van der Waals surface area contributed by atoms with Crippen molar-refractivity contribution in [2.75, 3.05) is 35.5 Å². The van der Waals surface area contributed by atoms with Crippen LogP contribution < -0.4 is 0 Å². The molecule has 0 aliphatic carbocycles. The maximum atomic E-state index is 11.2. The minimum Gasteiger partial charge on any atom is -0.282 e. The predicted molar refractivity (Wildman–Crippen MR) is 129 cm³/mol. The first kappa shape index (κ1) is 23.5. The minimum atomic E-state index is -0.0810. The van der Waals surface area contributed by atoms with Gasteiger partial charge in [0, 0.05) is 11.5 Å². The molecule has 0 aromatic heterocycles. The van der Waals surface area contributed by atoms with Crippen molar-refractivity contribution in [2.45, 2.75) is 11.5 Å². The Bertz CT molecular complexity index is 545. The minimum absolute atomic E-state index is 0.0704. The number of hydrogen-bond donors (Lipinski definition) is 2. The van der Waals surface area contributed by atoms with E-state index in [1.54, 1.807) is 0 Å². The van der Waals surface area contributed by atoms with Crippen molar-refractivity contribution in [3.63, 3.8) is 0 Å². The third-order valence-corrected chi connectivity index (χ3v) is 9.80. The Morgan fingerprint density at radius 2 is 1.19 bits per heavy atom. The van der Waals surface area contributed by atoms with E-state index in [4.69, 9.17) is 0 Å². The summed E-state index contributed by atoms with van der Waals surface area (Å²) in [6.07, 6.45) is 7.38. The van der Waals surface area contributed by atoms with E-state index in [1.165, 1.54) is 46.8 Å². The van der Waals surface area contributed by atoms with Crippen LogP contribution in [0.2, 0.25) is 0 Å².